The summed E-state index contributed by atoms with van der Waals surface area (Å²) in [5.41, 5.74) is 3.95. The fourth-order valence-corrected chi connectivity index (χ4v) is 5.13. The van der Waals surface area contributed by atoms with Gasteiger partial charge in [0.2, 0.25) is 0 Å². The highest BCUT2D eigenvalue weighted by atomic mass is 16.5. The molecule has 2 aromatic carbocycles. The SMILES string of the molecule is CCc1ccc2[nH]c(=O)c(CN(C[C@@H]3CCCO3)[C@@H](CC)c3nnnn3Cc3ccccc3)cc2c1. The van der Waals surface area contributed by atoms with E-state index in [2.05, 4.69) is 63.5 Å². The Morgan fingerprint density at radius 1 is 1.14 bits per heavy atom. The zero-order chi connectivity index (χ0) is 24.9. The van der Waals surface area contributed by atoms with Crippen molar-refractivity contribution in [1.29, 1.82) is 0 Å². The van der Waals surface area contributed by atoms with Gasteiger partial charge >= 0.3 is 0 Å². The second kappa shape index (κ2) is 11.1. The van der Waals surface area contributed by atoms with Crippen LogP contribution in [0.3, 0.4) is 0 Å². The van der Waals surface area contributed by atoms with Crippen LogP contribution in [0, 0.1) is 0 Å². The van der Waals surface area contributed by atoms with Crippen molar-refractivity contribution in [3.8, 4) is 0 Å². The van der Waals surface area contributed by atoms with Crippen LogP contribution in [0.1, 0.15) is 61.7 Å². The summed E-state index contributed by atoms with van der Waals surface area (Å²) in [4.78, 5) is 18.5. The fourth-order valence-electron chi connectivity index (χ4n) is 5.13. The normalized spacial score (nSPS) is 16.7. The number of tetrazole rings is 1. The molecule has 1 N–H and O–H groups in total. The lowest BCUT2D eigenvalue weighted by Gasteiger charge is -2.32. The van der Waals surface area contributed by atoms with E-state index in [-0.39, 0.29) is 17.7 Å². The minimum Gasteiger partial charge on any atom is -0.377 e. The number of aromatic nitrogens is 5. The van der Waals surface area contributed by atoms with Gasteiger partial charge in [0.15, 0.2) is 5.82 Å². The summed E-state index contributed by atoms with van der Waals surface area (Å²) in [6.07, 6.45) is 4.00. The summed E-state index contributed by atoms with van der Waals surface area (Å²) >= 11 is 0. The molecule has 1 aliphatic rings. The predicted octanol–water partition coefficient (Wildman–Crippen LogP) is 4.26. The minimum absolute atomic E-state index is 0.0509. The molecule has 1 saturated heterocycles. The fraction of sp³-hybridized carbons (Fsp3) is 0.429. The van der Waals surface area contributed by atoms with Crippen molar-refractivity contribution in [3.63, 3.8) is 0 Å². The first-order valence-corrected chi connectivity index (χ1v) is 12.9. The number of nitrogens with one attached hydrogen (secondary N) is 1. The summed E-state index contributed by atoms with van der Waals surface area (Å²) in [6, 6.07) is 18.4. The maximum atomic E-state index is 13.1. The van der Waals surface area contributed by atoms with Crippen molar-refractivity contribution in [2.45, 2.75) is 64.8 Å². The molecule has 0 radical (unpaired) electrons. The van der Waals surface area contributed by atoms with Crippen LogP contribution in [0.15, 0.2) is 59.4 Å². The molecule has 36 heavy (non-hydrogen) atoms. The minimum atomic E-state index is -0.0529. The Bertz CT molecular complexity index is 1340. The van der Waals surface area contributed by atoms with Crippen molar-refractivity contribution < 1.29 is 4.74 Å². The molecule has 0 spiro atoms. The van der Waals surface area contributed by atoms with Gasteiger partial charge in [-0.15, -0.1) is 5.10 Å². The van der Waals surface area contributed by atoms with E-state index < -0.39 is 0 Å². The van der Waals surface area contributed by atoms with E-state index in [1.54, 1.807) is 0 Å². The van der Waals surface area contributed by atoms with Crippen LogP contribution in [0.2, 0.25) is 0 Å². The Morgan fingerprint density at radius 2 is 2.00 bits per heavy atom. The molecule has 4 aromatic rings. The van der Waals surface area contributed by atoms with Gasteiger partial charge in [-0.3, -0.25) is 9.69 Å². The first kappa shape index (κ1) is 24.3. The number of pyridine rings is 1. The van der Waals surface area contributed by atoms with Crippen molar-refractivity contribution in [2.75, 3.05) is 13.2 Å². The predicted molar refractivity (Wildman–Crippen MR) is 140 cm³/mol. The molecule has 2 atom stereocenters. The number of aryl methyl sites for hydroxylation is 1. The summed E-state index contributed by atoms with van der Waals surface area (Å²) < 4.78 is 7.88. The highest BCUT2D eigenvalue weighted by Gasteiger charge is 2.29. The number of nitrogens with zero attached hydrogens (tertiary/aromatic N) is 5. The molecular weight excluding hydrogens is 452 g/mol. The molecule has 2 aromatic heterocycles. The lowest BCUT2D eigenvalue weighted by molar-refractivity contribution is 0.0489. The number of fused-ring (bicyclic) bond motifs is 1. The van der Waals surface area contributed by atoms with E-state index in [0.717, 1.165) is 66.7 Å². The Kier molecular flexibility index (Phi) is 7.53. The van der Waals surface area contributed by atoms with Crippen molar-refractivity contribution in [2.24, 2.45) is 0 Å². The molecule has 0 unspecified atom stereocenters. The summed E-state index contributed by atoms with van der Waals surface area (Å²) in [6.45, 7) is 6.90. The molecule has 0 aliphatic carbocycles. The van der Waals surface area contributed by atoms with E-state index in [1.807, 2.05) is 35.0 Å². The lowest BCUT2D eigenvalue weighted by atomic mass is 10.1. The number of rotatable bonds is 10. The molecule has 188 valence electrons. The number of aromatic amines is 1. The molecule has 8 heteroatoms. The van der Waals surface area contributed by atoms with Gasteiger partial charge in [0.25, 0.3) is 5.56 Å². The van der Waals surface area contributed by atoms with Crippen LogP contribution in [-0.2, 0) is 24.2 Å². The first-order valence-electron chi connectivity index (χ1n) is 12.9. The van der Waals surface area contributed by atoms with Crippen molar-refractivity contribution >= 4 is 10.9 Å². The van der Waals surface area contributed by atoms with E-state index in [9.17, 15) is 4.79 Å². The van der Waals surface area contributed by atoms with Gasteiger partial charge in [-0.05, 0) is 70.8 Å². The average molecular weight is 487 g/mol. The summed E-state index contributed by atoms with van der Waals surface area (Å²) in [5, 5.41) is 13.8. The summed E-state index contributed by atoms with van der Waals surface area (Å²) in [5.74, 6) is 0.810. The number of hydrogen-bond acceptors (Lipinski definition) is 6. The van der Waals surface area contributed by atoms with Crippen LogP contribution >= 0.6 is 0 Å². The van der Waals surface area contributed by atoms with Gasteiger partial charge in [-0.25, -0.2) is 4.68 Å². The zero-order valence-corrected chi connectivity index (χ0v) is 21.1. The Hall–Kier alpha value is -3.36. The number of ether oxygens (including phenoxy) is 1. The average Bonchev–Trinajstić information content (AvgIpc) is 3.58. The van der Waals surface area contributed by atoms with Crippen molar-refractivity contribution in [1.82, 2.24) is 30.1 Å². The molecule has 0 saturated carbocycles. The monoisotopic (exact) mass is 486 g/mol. The van der Waals surface area contributed by atoms with Gasteiger partial charge in [-0.1, -0.05) is 50.2 Å². The molecule has 5 rings (SSSR count). The van der Waals surface area contributed by atoms with E-state index in [1.165, 1.54) is 5.56 Å². The number of benzene rings is 2. The first-order chi connectivity index (χ1) is 17.6. The third-order valence-electron chi connectivity index (χ3n) is 7.09. The smallest absolute Gasteiger partial charge is 0.252 e. The molecule has 8 nitrogen and oxygen atoms in total. The van der Waals surface area contributed by atoms with Crippen molar-refractivity contribution in [3.05, 3.63) is 87.5 Å². The van der Waals surface area contributed by atoms with Crippen LogP contribution < -0.4 is 5.56 Å². The second-order valence-electron chi connectivity index (χ2n) is 9.57. The molecule has 0 amide bonds. The van der Waals surface area contributed by atoms with Gasteiger partial charge < -0.3 is 9.72 Å². The lowest BCUT2D eigenvalue weighted by Crippen LogP contribution is -2.37. The standard InChI is InChI=1S/C28H34N6O2/c1-3-20-12-13-25-22(15-20)16-23(28(35)29-25)18-33(19-24-11-8-14-36-24)26(4-2)27-30-31-32-34(27)17-21-9-6-5-7-10-21/h5-7,9-10,12-13,15-16,24,26H,3-4,8,11,14,17-19H2,1-2H3,(H,29,35)/t24-,26-/m0/s1. The Labute approximate surface area is 211 Å². The quantitative estimate of drug-likeness (QED) is 0.360. The maximum Gasteiger partial charge on any atom is 0.252 e. The van der Waals surface area contributed by atoms with E-state index >= 15 is 0 Å². The number of hydrogen-bond donors (Lipinski definition) is 1. The molecule has 0 bridgehead atoms. The third kappa shape index (κ3) is 5.39. The van der Waals surface area contributed by atoms with Gasteiger partial charge in [0, 0.05) is 30.8 Å². The van der Waals surface area contributed by atoms with Gasteiger partial charge in [0.1, 0.15) is 0 Å². The molecule has 1 aliphatic heterocycles. The zero-order valence-electron chi connectivity index (χ0n) is 21.1. The van der Waals surface area contributed by atoms with Gasteiger partial charge in [0.05, 0.1) is 18.7 Å². The van der Waals surface area contributed by atoms with E-state index in [4.69, 9.17) is 4.74 Å². The second-order valence-corrected chi connectivity index (χ2v) is 9.57. The molecular formula is C28H34N6O2. The van der Waals surface area contributed by atoms with Crippen LogP contribution in [0.4, 0.5) is 0 Å². The van der Waals surface area contributed by atoms with E-state index in [0.29, 0.717) is 13.1 Å². The topological polar surface area (TPSA) is 88.9 Å². The Morgan fingerprint density at radius 3 is 2.75 bits per heavy atom. The molecule has 1 fully saturated rings. The summed E-state index contributed by atoms with van der Waals surface area (Å²) in [7, 11) is 0. The Balaban J connectivity index is 1.48. The van der Waals surface area contributed by atoms with Crippen LogP contribution in [-0.4, -0.2) is 49.3 Å². The van der Waals surface area contributed by atoms with Gasteiger partial charge in [-0.2, -0.15) is 0 Å². The number of H-pyrrole nitrogens is 1. The van der Waals surface area contributed by atoms with Crippen LogP contribution in [0.25, 0.3) is 10.9 Å². The maximum absolute atomic E-state index is 13.1. The highest BCUT2D eigenvalue weighted by molar-refractivity contribution is 5.79. The largest absolute Gasteiger partial charge is 0.377 e. The van der Waals surface area contributed by atoms with Crippen LogP contribution in [0.5, 0.6) is 0 Å². The highest BCUT2D eigenvalue weighted by Crippen LogP contribution is 2.27. The third-order valence-corrected chi connectivity index (χ3v) is 7.09. The molecule has 3 heterocycles.